The fourth-order valence-electron chi connectivity index (χ4n) is 1.47. The zero-order chi connectivity index (χ0) is 14.9. The Balaban J connectivity index is 2.37. The zero-order valence-corrected chi connectivity index (χ0v) is 12.9. The summed E-state index contributed by atoms with van der Waals surface area (Å²) in [7, 11) is -3.96. The summed E-state index contributed by atoms with van der Waals surface area (Å²) in [5.74, 6) is -1.75. The van der Waals surface area contributed by atoms with Crippen LogP contribution < -0.4 is 4.72 Å². The lowest BCUT2D eigenvalue weighted by Gasteiger charge is -2.09. The number of hydrogen-bond acceptors (Lipinski definition) is 2. The molecule has 0 fully saturated rings. The molecule has 2 aromatic rings. The van der Waals surface area contributed by atoms with E-state index >= 15 is 0 Å². The summed E-state index contributed by atoms with van der Waals surface area (Å²) < 4.78 is 52.7. The monoisotopic (exact) mass is 381 g/mol. The third kappa shape index (κ3) is 3.47. The van der Waals surface area contributed by atoms with Gasteiger partial charge in [-0.05, 0) is 46.3 Å². The highest BCUT2D eigenvalue weighted by atomic mass is 79.9. The number of sulfonamides is 1. The van der Waals surface area contributed by atoms with Gasteiger partial charge in [-0.2, -0.15) is 0 Å². The highest BCUT2D eigenvalue weighted by molar-refractivity contribution is 9.10. The Morgan fingerprint density at radius 3 is 2.20 bits per heavy atom. The third-order valence-corrected chi connectivity index (χ3v) is 4.91. The fraction of sp³-hybridized carbons (Fsp3) is 0. The summed E-state index contributed by atoms with van der Waals surface area (Å²) in [6, 6.07) is 6.38. The maximum absolute atomic E-state index is 13.0. The molecule has 0 amide bonds. The van der Waals surface area contributed by atoms with Crippen LogP contribution >= 0.6 is 27.5 Å². The molecule has 0 aliphatic rings. The Morgan fingerprint density at radius 1 is 1.05 bits per heavy atom. The number of rotatable bonds is 3. The summed E-state index contributed by atoms with van der Waals surface area (Å²) in [6.45, 7) is 0. The Bertz CT molecular complexity index is 748. The van der Waals surface area contributed by atoms with Gasteiger partial charge in [-0.25, -0.2) is 17.2 Å². The molecule has 0 unspecified atom stereocenters. The molecule has 0 aliphatic heterocycles. The quantitative estimate of drug-likeness (QED) is 0.865. The van der Waals surface area contributed by atoms with Gasteiger partial charge in [0, 0.05) is 10.5 Å². The molecule has 0 aromatic heterocycles. The van der Waals surface area contributed by atoms with Crippen molar-refractivity contribution in [3.8, 4) is 0 Å². The van der Waals surface area contributed by atoms with Crippen LogP contribution in [0.2, 0.25) is 5.02 Å². The van der Waals surface area contributed by atoms with Crippen LogP contribution in [0, 0.1) is 11.6 Å². The van der Waals surface area contributed by atoms with Crippen molar-refractivity contribution in [3.05, 3.63) is 57.5 Å². The van der Waals surface area contributed by atoms with Crippen LogP contribution in [0.15, 0.2) is 45.8 Å². The maximum Gasteiger partial charge on any atom is 0.261 e. The molecule has 0 aliphatic carbocycles. The van der Waals surface area contributed by atoms with Crippen LogP contribution in [0.5, 0.6) is 0 Å². The van der Waals surface area contributed by atoms with Crippen molar-refractivity contribution in [2.75, 3.05) is 4.72 Å². The van der Waals surface area contributed by atoms with Crippen LogP contribution in [0.4, 0.5) is 14.5 Å². The summed E-state index contributed by atoms with van der Waals surface area (Å²) >= 11 is 8.87. The smallest absolute Gasteiger partial charge is 0.261 e. The van der Waals surface area contributed by atoms with Crippen LogP contribution in [-0.2, 0) is 10.0 Å². The molecular weight excluding hydrogens is 376 g/mol. The molecule has 0 saturated carbocycles. The molecule has 0 radical (unpaired) electrons. The zero-order valence-electron chi connectivity index (χ0n) is 9.70. The van der Waals surface area contributed by atoms with Gasteiger partial charge in [0.05, 0.1) is 15.6 Å². The maximum atomic E-state index is 13.0. The minimum atomic E-state index is -3.96. The summed E-state index contributed by atoms with van der Waals surface area (Å²) in [4.78, 5) is -0.0848. The van der Waals surface area contributed by atoms with Crippen molar-refractivity contribution < 1.29 is 17.2 Å². The minimum absolute atomic E-state index is 0.0848. The Labute approximate surface area is 127 Å². The molecule has 0 spiro atoms. The van der Waals surface area contributed by atoms with E-state index in [2.05, 4.69) is 20.7 Å². The molecule has 2 aromatic carbocycles. The van der Waals surface area contributed by atoms with Crippen molar-refractivity contribution in [1.82, 2.24) is 0 Å². The van der Waals surface area contributed by atoms with E-state index in [-0.39, 0.29) is 10.6 Å². The van der Waals surface area contributed by atoms with E-state index in [1.807, 2.05) is 0 Å². The van der Waals surface area contributed by atoms with Gasteiger partial charge in [0.1, 0.15) is 11.6 Å². The topological polar surface area (TPSA) is 46.2 Å². The average molecular weight is 383 g/mol. The van der Waals surface area contributed by atoms with E-state index in [1.54, 1.807) is 0 Å². The van der Waals surface area contributed by atoms with Crippen molar-refractivity contribution in [1.29, 1.82) is 0 Å². The number of halogens is 4. The number of anilines is 1. The second-order valence-electron chi connectivity index (χ2n) is 3.84. The first-order valence-electron chi connectivity index (χ1n) is 5.22. The highest BCUT2D eigenvalue weighted by Crippen LogP contribution is 2.26. The molecule has 106 valence electrons. The van der Waals surface area contributed by atoms with Gasteiger partial charge in [0.15, 0.2) is 0 Å². The molecule has 0 saturated heterocycles. The van der Waals surface area contributed by atoms with Gasteiger partial charge in [-0.15, -0.1) is 0 Å². The van der Waals surface area contributed by atoms with Crippen LogP contribution in [0.25, 0.3) is 0 Å². The Morgan fingerprint density at radius 2 is 1.65 bits per heavy atom. The average Bonchev–Trinajstić information content (AvgIpc) is 2.30. The largest absolute Gasteiger partial charge is 0.279 e. The predicted molar refractivity (Wildman–Crippen MR) is 76.3 cm³/mol. The van der Waals surface area contributed by atoms with Crippen LogP contribution in [0.3, 0.4) is 0 Å². The van der Waals surface area contributed by atoms with E-state index < -0.39 is 21.7 Å². The first kappa shape index (κ1) is 15.2. The SMILES string of the molecule is O=S(=O)(Nc1cc(F)cc(F)c1)c1ccc(Cl)c(Br)c1. The lowest BCUT2D eigenvalue weighted by Crippen LogP contribution is -2.13. The number of hydrogen-bond donors (Lipinski definition) is 1. The summed E-state index contributed by atoms with van der Waals surface area (Å²) in [5.41, 5.74) is -0.200. The van der Waals surface area contributed by atoms with E-state index in [9.17, 15) is 17.2 Å². The fourth-order valence-corrected chi connectivity index (χ4v) is 3.18. The minimum Gasteiger partial charge on any atom is -0.279 e. The second kappa shape index (κ2) is 5.67. The van der Waals surface area contributed by atoms with Gasteiger partial charge < -0.3 is 0 Å². The molecule has 0 atom stereocenters. The first-order chi connectivity index (χ1) is 9.28. The van der Waals surface area contributed by atoms with Gasteiger partial charge in [-0.3, -0.25) is 4.72 Å². The van der Waals surface area contributed by atoms with Crippen molar-refractivity contribution in [2.24, 2.45) is 0 Å². The molecule has 0 bridgehead atoms. The summed E-state index contributed by atoms with van der Waals surface area (Å²) in [5, 5.41) is 0.348. The standard InChI is InChI=1S/C12H7BrClF2NO2S/c13-11-6-10(1-2-12(11)14)20(18,19)17-9-4-7(15)3-8(16)5-9/h1-6,17H. The van der Waals surface area contributed by atoms with Crippen molar-refractivity contribution in [2.45, 2.75) is 4.90 Å². The molecule has 20 heavy (non-hydrogen) atoms. The summed E-state index contributed by atoms with van der Waals surface area (Å²) in [6.07, 6.45) is 0. The van der Waals surface area contributed by atoms with E-state index in [0.717, 1.165) is 12.1 Å². The molecule has 8 heteroatoms. The molecule has 3 nitrogen and oxygen atoms in total. The highest BCUT2D eigenvalue weighted by Gasteiger charge is 2.16. The lowest BCUT2D eigenvalue weighted by atomic mass is 10.3. The van der Waals surface area contributed by atoms with Gasteiger partial charge >= 0.3 is 0 Å². The predicted octanol–water partition coefficient (Wildman–Crippen LogP) is 4.18. The van der Waals surface area contributed by atoms with Gasteiger partial charge in [-0.1, -0.05) is 11.6 Å². The second-order valence-corrected chi connectivity index (χ2v) is 6.78. The van der Waals surface area contributed by atoms with E-state index in [0.29, 0.717) is 15.6 Å². The van der Waals surface area contributed by atoms with Crippen molar-refractivity contribution in [3.63, 3.8) is 0 Å². The number of benzene rings is 2. The first-order valence-corrected chi connectivity index (χ1v) is 7.87. The van der Waals surface area contributed by atoms with Crippen molar-refractivity contribution >= 4 is 43.2 Å². The molecule has 1 N–H and O–H groups in total. The third-order valence-electron chi connectivity index (χ3n) is 2.32. The molecular formula is C12H7BrClF2NO2S. The van der Waals surface area contributed by atoms with Gasteiger partial charge in [0.25, 0.3) is 10.0 Å². The molecule has 0 heterocycles. The Kier molecular flexibility index (Phi) is 4.31. The normalized spacial score (nSPS) is 11.4. The lowest BCUT2D eigenvalue weighted by molar-refractivity contribution is 0.584. The molecule has 2 rings (SSSR count). The van der Waals surface area contributed by atoms with E-state index in [4.69, 9.17) is 11.6 Å². The van der Waals surface area contributed by atoms with E-state index in [1.165, 1.54) is 18.2 Å². The number of nitrogens with one attached hydrogen (secondary N) is 1. The Hall–Kier alpha value is -1.18. The van der Waals surface area contributed by atoms with Crippen LogP contribution in [-0.4, -0.2) is 8.42 Å². The van der Waals surface area contributed by atoms with Crippen LogP contribution in [0.1, 0.15) is 0 Å². The van der Waals surface area contributed by atoms with Gasteiger partial charge in [0.2, 0.25) is 0 Å².